The van der Waals surface area contributed by atoms with E-state index in [0.29, 0.717) is 0 Å². The zero-order chi connectivity index (χ0) is 58.5. The molecule has 4 nitrogen and oxygen atoms in total. The molecule has 0 radical (unpaired) electrons. The lowest BCUT2D eigenvalue weighted by molar-refractivity contribution is 0.591. The predicted octanol–water partition coefficient (Wildman–Crippen LogP) is 15.4. The average Bonchev–Trinajstić information content (AvgIpc) is 1.51. The minimum atomic E-state index is -0.285. The summed E-state index contributed by atoms with van der Waals surface area (Å²) in [5.74, 6) is 0. The van der Waals surface area contributed by atoms with Crippen molar-refractivity contribution in [3.05, 3.63) is 233 Å². The standard InChI is InChI=1S/C79H69B2N3O/c1-76(2,3)48-34-38-54-56-40-36-50(78(7,8)9)44-60(56)70-66(58(54)42-48)68-73-82-72-64(80(68)62-30-21-19-28-52(62)46-24-15-13-16-25-46)32-23-33-65(72)81(63-31-22-20-29-53(63)47-26-17-14-18-27-47)69-67-59-43-49(77(4,5)6)35-39-55(59)57-41-37-51(79(10,11)12)45-61(57)71(67)84(74(69)82)75(85)83(70)73/h13-45H,1-12H3. The highest BCUT2D eigenvalue weighted by atomic mass is 16.1. The summed E-state index contributed by atoms with van der Waals surface area (Å²) >= 11 is 0. The Morgan fingerprint density at radius 2 is 0.635 bits per heavy atom. The second-order valence-electron chi connectivity index (χ2n) is 28.8. The third kappa shape index (κ3) is 7.27. The van der Waals surface area contributed by atoms with Gasteiger partial charge in [-0.3, -0.25) is 4.57 Å². The lowest BCUT2D eigenvalue weighted by Crippen LogP contribution is -2.64. The Morgan fingerprint density at radius 3 is 1.00 bits per heavy atom. The quantitative estimate of drug-likeness (QED) is 0.128. The van der Waals surface area contributed by atoms with E-state index in [1.54, 1.807) is 0 Å². The summed E-state index contributed by atoms with van der Waals surface area (Å²) in [7, 11) is 0. The number of hydrogen-bond acceptors (Lipinski definition) is 1. The molecule has 16 rings (SSSR count). The molecule has 0 saturated carbocycles. The fourth-order valence-electron chi connectivity index (χ4n) is 15.3. The van der Waals surface area contributed by atoms with Gasteiger partial charge in [-0.15, -0.1) is 0 Å². The van der Waals surface area contributed by atoms with Gasteiger partial charge in [0.1, 0.15) is 11.3 Å². The van der Waals surface area contributed by atoms with E-state index in [9.17, 15) is 0 Å². The lowest BCUT2D eigenvalue weighted by Gasteiger charge is -2.35. The fourth-order valence-corrected chi connectivity index (χ4v) is 15.3. The largest absolute Gasteiger partial charge is 0.340 e. The van der Waals surface area contributed by atoms with Crippen molar-refractivity contribution in [2.75, 3.05) is 0 Å². The Kier molecular flexibility index (Phi) is 10.7. The molecule has 0 N–H and O–H groups in total. The van der Waals surface area contributed by atoms with Gasteiger partial charge in [-0.1, -0.05) is 270 Å². The van der Waals surface area contributed by atoms with Crippen LogP contribution in [0.25, 0.3) is 104 Å². The first-order valence-electron chi connectivity index (χ1n) is 30.6. The van der Waals surface area contributed by atoms with Crippen LogP contribution < -0.4 is 38.5 Å². The van der Waals surface area contributed by atoms with Gasteiger partial charge in [0.25, 0.3) is 0 Å². The van der Waals surface area contributed by atoms with Crippen molar-refractivity contribution in [1.29, 1.82) is 0 Å². The molecule has 0 unspecified atom stereocenters. The first kappa shape index (κ1) is 51.8. The second kappa shape index (κ2) is 17.6. The highest BCUT2D eigenvalue weighted by Crippen LogP contribution is 2.45. The van der Waals surface area contributed by atoms with E-state index in [1.807, 2.05) is 0 Å². The van der Waals surface area contributed by atoms with E-state index in [4.69, 9.17) is 0 Å². The highest BCUT2D eigenvalue weighted by Gasteiger charge is 2.47. The summed E-state index contributed by atoms with van der Waals surface area (Å²) in [5, 5.41) is 11.5. The SMILES string of the molecule is CC(C)(C)c1ccc2c3ccc(C(C)(C)C)cc3c3c(c4c5n6c7c(c8c9cc(C(C)(C)C)ccc9c9ccc(C(C)(C)C)cc9c8n7c(=O)n35)B(c3ccccc3-c3ccccc3)c3cccc(c3-6)B4c3ccccc3-c3ccccc3)c2c1. The number of nitrogens with zero attached hydrogens (tertiary/aromatic N) is 3. The Morgan fingerprint density at radius 1 is 0.318 bits per heavy atom. The van der Waals surface area contributed by atoms with E-state index in [1.165, 1.54) is 98.8 Å². The zero-order valence-corrected chi connectivity index (χ0v) is 51.0. The zero-order valence-electron chi connectivity index (χ0n) is 51.0. The molecule has 14 aromatic rings. The Balaban J connectivity index is 1.25. The molecular formula is C79H69B2N3O. The van der Waals surface area contributed by atoms with Gasteiger partial charge in [-0.25, -0.2) is 13.6 Å². The predicted molar refractivity (Wildman–Crippen MR) is 367 cm³/mol. The van der Waals surface area contributed by atoms with Gasteiger partial charge in [0.2, 0.25) is 13.4 Å². The van der Waals surface area contributed by atoms with Crippen LogP contribution in [0.15, 0.2) is 205 Å². The molecule has 0 atom stereocenters. The van der Waals surface area contributed by atoms with Crippen LogP contribution >= 0.6 is 0 Å². The molecule has 0 bridgehead atoms. The molecule has 0 spiro atoms. The fraction of sp³-hybridized carbons (Fsp3) is 0.203. The minimum absolute atomic E-state index is 0.0515. The van der Waals surface area contributed by atoms with Crippen LogP contribution in [0.3, 0.4) is 0 Å². The van der Waals surface area contributed by atoms with Gasteiger partial charge >= 0.3 is 5.69 Å². The van der Waals surface area contributed by atoms with E-state index in [2.05, 4.69) is 297 Å². The van der Waals surface area contributed by atoms with Crippen LogP contribution in [-0.4, -0.2) is 26.8 Å². The molecule has 0 amide bonds. The first-order valence-corrected chi connectivity index (χ1v) is 30.6. The van der Waals surface area contributed by atoms with E-state index < -0.39 is 0 Å². The van der Waals surface area contributed by atoms with Crippen molar-refractivity contribution in [1.82, 2.24) is 13.4 Å². The maximum absolute atomic E-state index is 17.9. The van der Waals surface area contributed by atoms with Gasteiger partial charge < -0.3 is 0 Å². The summed E-state index contributed by atoms with van der Waals surface area (Å²) in [5.41, 5.74) is 21.2. The molecule has 0 saturated heterocycles. The number of para-hydroxylation sites is 1. The van der Waals surface area contributed by atoms with Crippen molar-refractivity contribution in [3.63, 3.8) is 0 Å². The number of benzene rings is 11. The van der Waals surface area contributed by atoms with Crippen molar-refractivity contribution in [2.24, 2.45) is 0 Å². The molecule has 5 heterocycles. The van der Waals surface area contributed by atoms with Crippen molar-refractivity contribution in [3.8, 4) is 27.9 Å². The maximum Gasteiger partial charge on any atom is 0.340 e. The molecule has 2 aliphatic rings. The van der Waals surface area contributed by atoms with E-state index in [0.717, 1.165) is 60.3 Å². The average molecular weight is 1100 g/mol. The molecular weight excluding hydrogens is 1030 g/mol. The Bertz CT molecular complexity index is 4980. The van der Waals surface area contributed by atoms with Gasteiger partial charge in [0.05, 0.1) is 11.0 Å². The monoisotopic (exact) mass is 1100 g/mol. The minimum Gasteiger partial charge on any atom is -0.283 e. The van der Waals surface area contributed by atoms with E-state index in [-0.39, 0.29) is 40.8 Å². The number of aromatic nitrogens is 3. The third-order valence-electron chi connectivity index (χ3n) is 19.6. The summed E-state index contributed by atoms with van der Waals surface area (Å²) in [6.07, 6.45) is 0. The summed E-state index contributed by atoms with van der Waals surface area (Å²) in [6.45, 7) is 27.2. The number of fused-ring (bicyclic) bond motifs is 16. The number of hydrogen-bond donors (Lipinski definition) is 0. The van der Waals surface area contributed by atoms with Crippen LogP contribution in [0.4, 0.5) is 0 Å². The molecule has 85 heavy (non-hydrogen) atoms. The summed E-state index contributed by atoms with van der Waals surface area (Å²) in [4.78, 5) is 17.9. The number of rotatable bonds is 4. The second-order valence-corrected chi connectivity index (χ2v) is 28.8. The first-order chi connectivity index (χ1) is 40.7. The molecule has 3 aromatic heterocycles. The van der Waals surface area contributed by atoms with Crippen molar-refractivity contribution < 1.29 is 0 Å². The smallest absolute Gasteiger partial charge is 0.283 e. The van der Waals surface area contributed by atoms with E-state index >= 15 is 4.79 Å². The van der Waals surface area contributed by atoms with Gasteiger partial charge in [-0.05, 0) is 145 Å². The van der Waals surface area contributed by atoms with Crippen molar-refractivity contribution in [2.45, 2.75) is 105 Å². The van der Waals surface area contributed by atoms with Gasteiger partial charge in [0, 0.05) is 27.2 Å². The maximum atomic E-state index is 17.9. The van der Waals surface area contributed by atoms with Crippen LogP contribution in [0, 0.1) is 0 Å². The van der Waals surface area contributed by atoms with Crippen LogP contribution in [0.1, 0.15) is 105 Å². The highest BCUT2D eigenvalue weighted by molar-refractivity contribution is 7.04. The molecule has 0 aliphatic carbocycles. The van der Waals surface area contributed by atoms with Crippen LogP contribution in [0.5, 0.6) is 0 Å². The van der Waals surface area contributed by atoms with Gasteiger partial charge in [-0.2, -0.15) is 0 Å². The summed E-state index contributed by atoms with van der Waals surface area (Å²) in [6, 6.07) is 75.8. The Hall–Kier alpha value is -8.86. The topological polar surface area (TPSA) is 30.8 Å². The van der Waals surface area contributed by atoms with Crippen LogP contribution in [0.2, 0.25) is 0 Å². The Labute approximate surface area is 498 Å². The summed E-state index contributed by atoms with van der Waals surface area (Å²) < 4.78 is 7.03. The normalized spacial score (nSPS) is 13.6. The van der Waals surface area contributed by atoms with Crippen LogP contribution in [-0.2, 0) is 21.7 Å². The lowest BCUT2D eigenvalue weighted by atomic mass is 9.30. The molecule has 2 aliphatic heterocycles. The molecule has 6 heteroatoms. The molecule has 11 aromatic carbocycles. The third-order valence-corrected chi connectivity index (χ3v) is 19.6. The van der Waals surface area contributed by atoms with Crippen molar-refractivity contribution >= 4 is 122 Å². The molecule has 412 valence electrons. The van der Waals surface area contributed by atoms with Gasteiger partial charge in [0.15, 0.2) is 0 Å². The molecule has 0 fully saturated rings.